The lowest BCUT2D eigenvalue weighted by atomic mass is 9.79. The molecule has 0 aliphatic heterocycles. The Labute approximate surface area is 230 Å². The van der Waals surface area contributed by atoms with Gasteiger partial charge in [0.25, 0.3) is 0 Å². The molecule has 2 aromatic heterocycles. The zero-order chi connectivity index (χ0) is 27.4. The van der Waals surface area contributed by atoms with Crippen molar-refractivity contribution in [2.24, 2.45) is 0 Å². The molecule has 0 saturated heterocycles. The largest absolute Gasteiger partial charge is 0.277 e. The van der Waals surface area contributed by atoms with Crippen LogP contribution in [0, 0.1) is 0 Å². The van der Waals surface area contributed by atoms with Crippen LogP contribution >= 0.6 is 0 Å². The van der Waals surface area contributed by atoms with Gasteiger partial charge in [-0.1, -0.05) is 126 Å². The first kappa shape index (κ1) is 25.0. The van der Waals surface area contributed by atoms with Crippen LogP contribution in [0.15, 0.2) is 97.1 Å². The third-order valence-electron chi connectivity index (χ3n) is 7.33. The van der Waals surface area contributed by atoms with Crippen LogP contribution < -0.4 is 0 Å². The lowest BCUT2D eigenvalue weighted by Crippen LogP contribution is -2.18. The highest BCUT2D eigenvalue weighted by Gasteiger charge is 2.27. The minimum absolute atomic E-state index is 0.0194. The highest BCUT2D eigenvalue weighted by atomic mass is 15.2. The molecule has 0 bridgehead atoms. The number of hydrogen-bond acceptors (Lipinski definition) is 3. The molecule has 0 saturated carbocycles. The van der Waals surface area contributed by atoms with Crippen molar-refractivity contribution in [3.05, 3.63) is 108 Å². The van der Waals surface area contributed by atoms with Crippen LogP contribution in [-0.2, 0) is 10.8 Å². The van der Waals surface area contributed by atoms with Gasteiger partial charge in [0.05, 0.1) is 11.0 Å². The van der Waals surface area contributed by atoms with E-state index < -0.39 is 0 Å². The minimum atomic E-state index is -0.0941. The molecule has 39 heavy (non-hydrogen) atoms. The summed E-state index contributed by atoms with van der Waals surface area (Å²) in [6.45, 7) is 13.7. The lowest BCUT2D eigenvalue weighted by molar-refractivity contribution is 0.572. The number of benzene rings is 4. The zero-order valence-corrected chi connectivity index (χ0v) is 23.5. The molecule has 0 fully saturated rings. The number of para-hydroxylation sites is 1. The van der Waals surface area contributed by atoms with Gasteiger partial charge in [0.15, 0.2) is 11.6 Å². The molecule has 194 valence electrons. The smallest absolute Gasteiger partial charge is 0.238 e. The molecule has 0 radical (unpaired) electrons. The summed E-state index contributed by atoms with van der Waals surface area (Å²) in [5.41, 5.74) is 6.70. The maximum atomic E-state index is 5.11. The van der Waals surface area contributed by atoms with E-state index in [-0.39, 0.29) is 10.8 Å². The summed E-state index contributed by atoms with van der Waals surface area (Å²) in [5.74, 6) is 1.95. The topological polar surface area (TPSA) is 43.6 Å². The summed E-state index contributed by atoms with van der Waals surface area (Å²) in [4.78, 5) is 15.1. The summed E-state index contributed by atoms with van der Waals surface area (Å²) < 4.78 is 2.25. The van der Waals surface area contributed by atoms with Crippen LogP contribution in [0.1, 0.15) is 52.7 Å². The Kier molecular flexibility index (Phi) is 5.87. The van der Waals surface area contributed by atoms with Gasteiger partial charge in [-0.05, 0) is 34.1 Å². The van der Waals surface area contributed by atoms with Crippen molar-refractivity contribution in [3.63, 3.8) is 0 Å². The summed E-state index contributed by atoms with van der Waals surface area (Å²) >= 11 is 0. The normalized spacial score (nSPS) is 12.4. The van der Waals surface area contributed by atoms with Crippen molar-refractivity contribution >= 4 is 21.8 Å². The zero-order valence-electron chi connectivity index (χ0n) is 23.5. The van der Waals surface area contributed by atoms with E-state index in [9.17, 15) is 0 Å². The Balaban J connectivity index is 1.76. The van der Waals surface area contributed by atoms with Crippen molar-refractivity contribution in [2.75, 3.05) is 0 Å². The van der Waals surface area contributed by atoms with E-state index in [4.69, 9.17) is 15.0 Å². The molecule has 0 aliphatic carbocycles. The first-order valence-electron chi connectivity index (χ1n) is 13.6. The fourth-order valence-electron chi connectivity index (χ4n) is 5.21. The van der Waals surface area contributed by atoms with E-state index >= 15 is 0 Å². The predicted octanol–water partition coefficient (Wildman–Crippen LogP) is 8.90. The van der Waals surface area contributed by atoms with Gasteiger partial charge in [0.2, 0.25) is 5.95 Å². The summed E-state index contributed by atoms with van der Waals surface area (Å²) in [6.07, 6.45) is 0. The molecule has 4 heteroatoms. The average molecular weight is 511 g/mol. The van der Waals surface area contributed by atoms with Gasteiger partial charge in [0.1, 0.15) is 0 Å². The predicted molar refractivity (Wildman–Crippen MR) is 162 cm³/mol. The number of nitrogens with zero attached hydrogens (tertiary/aromatic N) is 4. The van der Waals surface area contributed by atoms with E-state index in [2.05, 4.69) is 107 Å². The quantitative estimate of drug-likeness (QED) is 0.239. The Morgan fingerprint density at radius 3 is 1.62 bits per heavy atom. The first-order valence-corrected chi connectivity index (χ1v) is 13.6. The molecule has 2 heterocycles. The molecule has 6 rings (SSSR count). The first-order chi connectivity index (χ1) is 18.6. The van der Waals surface area contributed by atoms with Crippen molar-refractivity contribution in [2.45, 2.75) is 52.4 Å². The van der Waals surface area contributed by atoms with Gasteiger partial charge in [0, 0.05) is 21.9 Å². The van der Waals surface area contributed by atoms with Crippen LogP contribution in [0.3, 0.4) is 0 Å². The van der Waals surface area contributed by atoms with Gasteiger partial charge in [-0.3, -0.25) is 4.57 Å². The molecular weight excluding hydrogens is 476 g/mol. The highest BCUT2D eigenvalue weighted by molar-refractivity contribution is 6.10. The molecule has 0 N–H and O–H groups in total. The Morgan fingerprint density at radius 1 is 0.538 bits per heavy atom. The second-order valence-electron chi connectivity index (χ2n) is 12.3. The van der Waals surface area contributed by atoms with Crippen LogP contribution in [0.25, 0.3) is 50.5 Å². The van der Waals surface area contributed by atoms with Gasteiger partial charge < -0.3 is 0 Å². The molecule has 0 aliphatic rings. The molecule has 0 spiro atoms. The van der Waals surface area contributed by atoms with Crippen molar-refractivity contribution < 1.29 is 0 Å². The van der Waals surface area contributed by atoms with Gasteiger partial charge >= 0.3 is 0 Å². The Morgan fingerprint density at radius 2 is 1.08 bits per heavy atom. The molecule has 4 aromatic carbocycles. The van der Waals surface area contributed by atoms with Gasteiger partial charge in [-0.2, -0.15) is 9.97 Å². The molecule has 6 aromatic rings. The van der Waals surface area contributed by atoms with E-state index in [1.54, 1.807) is 0 Å². The van der Waals surface area contributed by atoms with Crippen LogP contribution in [0.4, 0.5) is 0 Å². The maximum Gasteiger partial charge on any atom is 0.238 e. The van der Waals surface area contributed by atoms with E-state index in [1.165, 1.54) is 21.9 Å². The van der Waals surface area contributed by atoms with Crippen LogP contribution in [-0.4, -0.2) is 19.5 Å². The van der Waals surface area contributed by atoms with Gasteiger partial charge in [-0.15, -0.1) is 0 Å². The average Bonchev–Trinajstić information content (AvgIpc) is 3.27. The standard InChI is InChI=1S/C35H34N4/c1-34(2,3)25-21-27-26-19-13-14-20-29(26)39(30(27)28(22-25)35(4,5)6)33-37-31(23-15-9-7-10-16-23)36-32(38-33)24-17-11-8-12-18-24/h7-22H,1-6H3. The summed E-state index contributed by atoms with van der Waals surface area (Å²) in [5, 5.41) is 2.43. The molecule has 0 atom stereocenters. The molecule has 4 nitrogen and oxygen atoms in total. The number of fused-ring (bicyclic) bond motifs is 3. The second-order valence-corrected chi connectivity index (χ2v) is 12.3. The van der Waals surface area contributed by atoms with E-state index in [1.807, 2.05) is 36.4 Å². The molecular formula is C35H34N4. The fraction of sp³-hybridized carbons (Fsp3) is 0.229. The third kappa shape index (κ3) is 4.50. The SMILES string of the molecule is CC(C)(C)c1cc(C(C)(C)C)c2c(c1)c1ccccc1n2-c1nc(-c2ccccc2)nc(-c2ccccc2)n1. The molecule has 0 unspecified atom stereocenters. The Hall–Kier alpha value is -4.31. The number of aromatic nitrogens is 4. The lowest BCUT2D eigenvalue weighted by Gasteiger charge is -2.26. The number of hydrogen-bond donors (Lipinski definition) is 0. The van der Waals surface area contributed by atoms with Crippen molar-refractivity contribution in [1.29, 1.82) is 0 Å². The van der Waals surface area contributed by atoms with Crippen LogP contribution in [0.2, 0.25) is 0 Å². The maximum absolute atomic E-state index is 5.11. The van der Waals surface area contributed by atoms with Crippen LogP contribution in [0.5, 0.6) is 0 Å². The molecule has 0 amide bonds. The fourth-order valence-corrected chi connectivity index (χ4v) is 5.21. The van der Waals surface area contributed by atoms with Gasteiger partial charge in [-0.25, -0.2) is 4.98 Å². The highest BCUT2D eigenvalue weighted by Crippen LogP contribution is 2.41. The minimum Gasteiger partial charge on any atom is -0.277 e. The monoisotopic (exact) mass is 510 g/mol. The Bertz CT molecular complexity index is 1740. The number of rotatable bonds is 3. The van der Waals surface area contributed by atoms with E-state index in [0.29, 0.717) is 17.6 Å². The second kappa shape index (κ2) is 9.16. The van der Waals surface area contributed by atoms with Crippen molar-refractivity contribution in [3.8, 4) is 28.7 Å². The van der Waals surface area contributed by atoms with E-state index in [0.717, 1.165) is 22.2 Å². The third-order valence-corrected chi connectivity index (χ3v) is 7.33. The van der Waals surface area contributed by atoms with Crippen molar-refractivity contribution in [1.82, 2.24) is 19.5 Å². The summed E-state index contributed by atoms with van der Waals surface area (Å²) in [7, 11) is 0. The summed E-state index contributed by atoms with van der Waals surface area (Å²) in [6, 6.07) is 33.7.